The molecule has 6 rings (SSSR count). The first-order valence-corrected chi connectivity index (χ1v) is 21.9. The summed E-state index contributed by atoms with van der Waals surface area (Å²) >= 11 is 0. The van der Waals surface area contributed by atoms with Crippen LogP contribution in [0.1, 0.15) is 162 Å². The molecule has 3 aromatic heterocycles. The fourth-order valence-electron chi connectivity index (χ4n) is 8.53. The van der Waals surface area contributed by atoms with Crippen molar-refractivity contribution in [2.45, 2.75) is 134 Å². The number of ether oxygens (including phenoxy) is 2. The minimum Gasteiger partial charge on any atom is -0.664 e. The van der Waals surface area contributed by atoms with Gasteiger partial charge in [-0.25, -0.2) is 0 Å². The van der Waals surface area contributed by atoms with Crippen molar-refractivity contribution in [2.75, 3.05) is 13.7 Å². The number of nitrogens with zero attached hydrogens (tertiary/aromatic N) is 4. The van der Waals surface area contributed by atoms with Gasteiger partial charge in [0.25, 0.3) is 0 Å². The molecule has 0 aromatic carbocycles. The topological polar surface area (TPSA) is 126 Å². The third-order valence-electron chi connectivity index (χ3n) is 12.3. The van der Waals surface area contributed by atoms with Crippen molar-refractivity contribution in [1.82, 2.24) is 15.0 Å². The van der Waals surface area contributed by atoms with Gasteiger partial charge < -0.3 is 29.7 Å². The van der Waals surface area contributed by atoms with E-state index < -0.39 is 11.9 Å². The summed E-state index contributed by atoms with van der Waals surface area (Å²) in [7, 11) is 1.30. The summed E-state index contributed by atoms with van der Waals surface area (Å²) in [6.07, 6.45) is 14.7. The van der Waals surface area contributed by atoms with Crippen LogP contribution in [-0.4, -0.2) is 54.5 Å². The second-order valence-electron chi connectivity index (χ2n) is 17.4. The van der Waals surface area contributed by atoms with Crippen LogP contribution in [0.4, 0.5) is 0 Å². The molecule has 1 saturated heterocycles. The van der Waals surface area contributed by atoms with Crippen molar-refractivity contribution < 1.29 is 23.9 Å². The first-order valence-electron chi connectivity index (χ1n) is 21.9. The number of ketones is 1. The molecule has 8 bridgehead atoms. The van der Waals surface area contributed by atoms with E-state index in [4.69, 9.17) is 29.7 Å². The monoisotopic (exact) mass is 826 g/mol. The van der Waals surface area contributed by atoms with E-state index >= 15 is 0 Å². The zero-order valence-electron chi connectivity index (χ0n) is 38.6. The molecule has 0 N–H and O–H groups in total. The quantitative estimate of drug-likeness (QED) is 0.0726. The van der Waals surface area contributed by atoms with Gasteiger partial charge in [-0.2, -0.15) is 11.4 Å². The number of aromatic nitrogens is 3. The molecule has 320 valence electrons. The van der Waals surface area contributed by atoms with E-state index in [2.05, 4.69) is 82.2 Å². The van der Waals surface area contributed by atoms with E-state index in [1.807, 2.05) is 25.2 Å². The number of carbonyl (C=O) groups excluding carboxylic acids is 3. The fourth-order valence-corrected chi connectivity index (χ4v) is 8.53. The molecule has 3 aliphatic rings. The van der Waals surface area contributed by atoms with Gasteiger partial charge >= 0.3 is 35.0 Å². The first-order chi connectivity index (χ1) is 28.1. The number of allylic oxidation sites excluding steroid dienone is 3. The maximum Gasteiger partial charge on any atom is 2.00 e. The molecular formula is C50H66MgN4O5-2. The number of methoxy groups -OCH3 is 1. The van der Waals surface area contributed by atoms with Crippen LogP contribution < -0.4 is 25.7 Å². The summed E-state index contributed by atoms with van der Waals surface area (Å²) in [6, 6.07) is 0. The molecule has 3 aromatic rings. The van der Waals surface area contributed by atoms with Crippen molar-refractivity contribution in [2.24, 2.45) is 29.6 Å². The smallest absolute Gasteiger partial charge is 0.664 e. The Labute approximate surface area is 374 Å². The molecule has 0 unspecified atom stereocenters. The minimum absolute atomic E-state index is 0. The predicted molar refractivity (Wildman–Crippen MR) is 243 cm³/mol. The van der Waals surface area contributed by atoms with Crippen LogP contribution in [0.15, 0.2) is 23.0 Å². The van der Waals surface area contributed by atoms with Crippen LogP contribution in [0.25, 0.3) is 29.1 Å². The Hall–Kier alpha value is -4.02. The van der Waals surface area contributed by atoms with Crippen molar-refractivity contribution in [3.05, 3.63) is 95.2 Å². The standard InChI is InChI=1S/C46H57N4O5.C4H10.Mg/c1-11-24(4)15-14-16-25(5)19-20-55-39(51)18-17-32-28(8)35-21-33-26(6)30(12-2)37(47-33)22-34-27(7)31(13-3)38(48-34)23-36-29(9)40-44(50-36)41(43(32)49-35)42(45(40)52)46(53)54-10;1-4(2)3;/h19,21-24,28,32,42H,11-18,20H2,1-10H3,(H-,49,50,52);4H,1-3H3;/q-3;;+2/p-1/b25-19+,34-22-,35-21-,38-23-;;/t24-,28+,32+,42-;;/m1../s1. The van der Waals surface area contributed by atoms with Crippen LogP contribution in [-0.2, 0) is 31.9 Å². The van der Waals surface area contributed by atoms with Crippen molar-refractivity contribution in [1.29, 1.82) is 0 Å². The third-order valence-corrected chi connectivity index (χ3v) is 12.3. The van der Waals surface area contributed by atoms with Gasteiger partial charge in [-0.3, -0.25) is 14.4 Å². The van der Waals surface area contributed by atoms with Crippen molar-refractivity contribution in [3.8, 4) is 0 Å². The first kappa shape index (κ1) is 48.6. The Bertz CT molecular complexity index is 2280. The van der Waals surface area contributed by atoms with Gasteiger partial charge in [0.15, 0.2) is 5.78 Å². The largest absolute Gasteiger partial charge is 2.00 e. The molecule has 2 aliphatic heterocycles. The third kappa shape index (κ3) is 10.4. The number of hydrogen-bond acceptors (Lipinski definition) is 5. The molecule has 9 nitrogen and oxygen atoms in total. The summed E-state index contributed by atoms with van der Waals surface area (Å²) in [5, 5.41) is 6.90. The summed E-state index contributed by atoms with van der Waals surface area (Å²) in [5.41, 5.74) is 11.4. The van der Waals surface area contributed by atoms with Crippen molar-refractivity contribution >= 4 is 64.6 Å². The average Bonchev–Trinajstić information content (AvgIpc) is 3.93. The summed E-state index contributed by atoms with van der Waals surface area (Å²) in [6.45, 7) is 25.7. The summed E-state index contributed by atoms with van der Waals surface area (Å²) in [5.74, 6) is -1.40. The van der Waals surface area contributed by atoms with Crippen molar-refractivity contribution in [3.63, 3.8) is 0 Å². The number of Topliss-reactive ketones (excluding diaryl/α,β-unsaturated/α-hetero) is 1. The Morgan fingerprint density at radius 2 is 1.50 bits per heavy atom. The number of esters is 2. The summed E-state index contributed by atoms with van der Waals surface area (Å²) < 4.78 is 10.9. The van der Waals surface area contributed by atoms with E-state index in [1.54, 1.807) is 0 Å². The van der Waals surface area contributed by atoms with Gasteiger partial charge in [-0.1, -0.05) is 125 Å². The molecule has 4 atom stereocenters. The fraction of sp³-hybridized carbons (Fsp3) is 0.540. The molecular weight excluding hydrogens is 761 g/mol. The second-order valence-corrected chi connectivity index (χ2v) is 17.4. The van der Waals surface area contributed by atoms with Crippen LogP contribution in [0.2, 0.25) is 0 Å². The van der Waals surface area contributed by atoms with Gasteiger partial charge in [-0.15, -0.1) is 33.5 Å². The SMILES string of the molecule is CC(C)C.CCc1c2[n-]c(c1C)/C=C1\[N-]/C(=C3\c4[n-]c(c(C)c4C(=O)[C@@H]3C(=O)OC)/C=c3\[n-]/c(c(C)c3CC)=C\2)[C@@H](CCC(=O)OC/C=C(\C)CCC[C@H](C)CC)[C@@H]1C.[Mg+2]. The van der Waals surface area contributed by atoms with Gasteiger partial charge in [-0.05, 0) is 89.5 Å². The minimum atomic E-state index is -1.20. The molecule has 0 spiro atoms. The number of rotatable bonds is 13. The van der Waals surface area contributed by atoms with E-state index in [0.717, 1.165) is 81.6 Å². The Morgan fingerprint density at radius 1 is 0.850 bits per heavy atom. The molecule has 60 heavy (non-hydrogen) atoms. The molecule has 0 saturated carbocycles. The maximum atomic E-state index is 14.3. The molecule has 10 heteroatoms. The van der Waals surface area contributed by atoms with Crippen LogP contribution in [0, 0.1) is 50.4 Å². The number of hydrogen-bond donors (Lipinski definition) is 0. The maximum absolute atomic E-state index is 14.3. The Balaban J connectivity index is 0.00000152. The van der Waals surface area contributed by atoms with E-state index in [0.29, 0.717) is 46.1 Å². The number of fused-ring (bicyclic) bond motifs is 7. The van der Waals surface area contributed by atoms with Crippen LogP contribution >= 0.6 is 0 Å². The summed E-state index contributed by atoms with van der Waals surface area (Å²) in [4.78, 5) is 56.3. The van der Waals surface area contributed by atoms with Gasteiger partial charge in [0.1, 0.15) is 12.5 Å². The molecule has 1 fully saturated rings. The van der Waals surface area contributed by atoms with Gasteiger partial charge in [0.05, 0.1) is 7.11 Å². The van der Waals surface area contributed by atoms with E-state index in [9.17, 15) is 14.4 Å². The molecule has 0 amide bonds. The zero-order chi connectivity index (χ0) is 43.3. The molecule has 0 radical (unpaired) electrons. The van der Waals surface area contributed by atoms with Gasteiger partial charge in [0.2, 0.25) is 0 Å². The molecule has 1 aliphatic carbocycles. The van der Waals surface area contributed by atoms with E-state index in [1.165, 1.54) is 25.5 Å². The average molecular weight is 827 g/mol. The number of carbonyl (C=O) groups is 3. The van der Waals surface area contributed by atoms with Gasteiger partial charge in [0, 0.05) is 12.0 Å². The Kier molecular flexibility index (Phi) is 17.2. The Morgan fingerprint density at radius 3 is 2.13 bits per heavy atom. The zero-order valence-corrected chi connectivity index (χ0v) is 40.0. The molecule has 5 heterocycles. The normalized spacial score (nSPS) is 21.7. The van der Waals surface area contributed by atoms with Crippen LogP contribution in [0.3, 0.4) is 0 Å². The van der Waals surface area contributed by atoms with E-state index in [-0.39, 0.29) is 59.7 Å². The predicted octanol–water partition coefficient (Wildman–Crippen LogP) is 8.72. The second kappa shape index (κ2) is 21.2. The van der Waals surface area contributed by atoms with Crippen LogP contribution in [0.5, 0.6) is 0 Å².